The van der Waals surface area contributed by atoms with Gasteiger partial charge in [-0.2, -0.15) is 0 Å². The quantitative estimate of drug-likeness (QED) is 0.191. The van der Waals surface area contributed by atoms with Crippen molar-refractivity contribution in [1.29, 1.82) is 0 Å². The summed E-state index contributed by atoms with van der Waals surface area (Å²) in [6, 6.07) is 20.1. The highest BCUT2D eigenvalue weighted by Gasteiger charge is 2.29. The van der Waals surface area contributed by atoms with Gasteiger partial charge in [0.15, 0.2) is 0 Å². The second kappa shape index (κ2) is 16.7. The SMILES string of the molecule is C#CCOCc1cc(NC(=O)C(C)NC(=O)CNC(=O)OCC2c3ccccc3-c3ccccc32)ccc1CO.CCC. The summed E-state index contributed by atoms with van der Waals surface area (Å²) in [6.45, 7) is 5.67. The van der Waals surface area contributed by atoms with Gasteiger partial charge in [-0.05, 0) is 52.4 Å². The molecule has 0 saturated carbocycles. The van der Waals surface area contributed by atoms with E-state index in [4.69, 9.17) is 15.9 Å². The number of anilines is 1. The van der Waals surface area contributed by atoms with Crippen LogP contribution >= 0.6 is 0 Å². The van der Waals surface area contributed by atoms with Crippen LogP contribution in [0, 0.1) is 12.3 Å². The zero-order valence-corrected chi connectivity index (χ0v) is 24.8. The van der Waals surface area contributed by atoms with E-state index in [0.717, 1.165) is 22.3 Å². The second-order valence-corrected chi connectivity index (χ2v) is 10.0. The molecule has 1 aliphatic rings. The Bertz CT molecular complexity index is 1400. The summed E-state index contributed by atoms with van der Waals surface area (Å²) < 4.78 is 10.8. The topological polar surface area (TPSA) is 126 Å². The lowest BCUT2D eigenvalue weighted by molar-refractivity contribution is -0.125. The average molecular weight is 586 g/mol. The highest BCUT2D eigenvalue weighted by Crippen LogP contribution is 2.44. The third-order valence-electron chi connectivity index (χ3n) is 6.59. The highest BCUT2D eigenvalue weighted by molar-refractivity contribution is 5.97. The third-order valence-corrected chi connectivity index (χ3v) is 6.59. The fourth-order valence-corrected chi connectivity index (χ4v) is 4.62. The summed E-state index contributed by atoms with van der Waals surface area (Å²) in [6.07, 6.45) is 5.72. The summed E-state index contributed by atoms with van der Waals surface area (Å²) in [5.74, 6) is 1.28. The Balaban J connectivity index is 0.00000162. The maximum atomic E-state index is 12.6. The Kier molecular flexibility index (Phi) is 12.8. The summed E-state index contributed by atoms with van der Waals surface area (Å²) in [5, 5.41) is 17.2. The Morgan fingerprint density at radius 2 is 1.60 bits per heavy atom. The Morgan fingerprint density at radius 1 is 0.977 bits per heavy atom. The monoisotopic (exact) mass is 585 g/mol. The summed E-state index contributed by atoms with van der Waals surface area (Å²) in [4.78, 5) is 37.3. The molecule has 3 aromatic rings. The van der Waals surface area contributed by atoms with E-state index in [0.29, 0.717) is 16.8 Å². The number of terminal acetylenes is 1. The number of aliphatic hydroxyl groups is 1. The van der Waals surface area contributed by atoms with Crippen molar-refractivity contribution in [1.82, 2.24) is 10.6 Å². The third kappa shape index (κ3) is 9.17. The second-order valence-electron chi connectivity index (χ2n) is 10.0. The Hall–Kier alpha value is -4.65. The largest absolute Gasteiger partial charge is 0.449 e. The van der Waals surface area contributed by atoms with E-state index in [9.17, 15) is 19.5 Å². The molecule has 4 rings (SSSR count). The molecule has 3 aromatic carbocycles. The molecule has 1 unspecified atom stereocenters. The number of carbonyl (C=O) groups is 3. The first-order chi connectivity index (χ1) is 20.8. The number of ether oxygens (including phenoxy) is 2. The van der Waals surface area contributed by atoms with Gasteiger partial charge in [0.1, 0.15) is 25.8 Å². The molecule has 0 spiro atoms. The number of nitrogens with one attached hydrogen (secondary N) is 3. The molecule has 226 valence electrons. The molecule has 3 amide bonds. The van der Waals surface area contributed by atoms with Crippen LogP contribution in [-0.4, -0.2) is 48.8 Å². The molecule has 0 aromatic heterocycles. The fraction of sp³-hybridized carbons (Fsp3) is 0.324. The molecule has 1 atom stereocenters. The van der Waals surface area contributed by atoms with Gasteiger partial charge in [-0.3, -0.25) is 9.59 Å². The molecule has 0 bridgehead atoms. The van der Waals surface area contributed by atoms with Crippen molar-refractivity contribution in [2.45, 2.75) is 52.4 Å². The molecule has 43 heavy (non-hydrogen) atoms. The van der Waals surface area contributed by atoms with E-state index in [-0.39, 0.29) is 38.9 Å². The van der Waals surface area contributed by atoms with Gasteiger partial charge in [-0.25, -0.2) is 4.79 Å². The first-order valence-electron chi connectivity index (χ1n) is 14.3. The van der Waals surface area contributed by atoms with Crippen LogP contribution in [0.1, 0.15) is 55.4 Å². The van der Waals surface area contributed by atoms with Gasteiger partial charge in [-0.1, -0.05) is 80.8 Å². The molecule has 0 radical (unpaired) electrons. The molecular weight excluding hydrogens is 546 g/mol. The van der Waals surface area contributed by atoms with Crippen molar-refractivity contribution in [3.05, 3.63) is 89.0 Å². The number of fused-ring (bicyclic) bond motifs is 3. The maximum absolute atomic E-state index is 12.6. The lowest BCUT2D eigenvalue weighted by Crippen LogP contribution is -2.46. The number of benzene rings is 3. The molecule has 0 fully saturated rings. The first-order valence-corrected chi connectivity index (χ1v) is 14.3. The van der Waals surface area contributed by atoms with Crippen LogP contribution in [0.2, 0.25) is 0 Å². The van der Waals surface area contributed by atoms with E-state index < -0.39 is 23.9 Å². The fourth-order valence-electron chi connectivity index (χ4n) is 4.62. The lowest BCUT2D eigenvalue weighted by Gasteiger charge is -2.16. The van der Waals surface area contributed by atoms with Gasteiger partial charge in [0.05, 0.1) is 13.2 Å². The number of aliphatic hydroxyl groups excluding tert-OH is 1. The van der Waals surface area contributed by atoms with E-state index in [1.165, 1.54) is 13.3 Å². The van der Waals surface area contributed by atoms with Crippen LogP contribution < -0.4 is 16.0 Å². The number of carbonyl (C=O) groups excluding carboxylic acids is 3. The van der Waals surface area contributed by atoms with Crippen molar-refractivity contribution in [3.8, 4) is 23.5 Å². The minimum Gasteiger partial charge on any atom is -0.449 e. The van der Waals surface area contributed by atoms with E-state index >= 15 is 0 Å². The van der Waals surface area contributed by atoms with Crippen LogP contribution in [0.15, 0.2) is 66.7 Å². The number of alkyl carbamates (subject to hydrolysis) is 1. The molecule has 0 saturated heterocycles. The van der Waals surface area contributed by atoms with Gasteiger partial charge in [0.2, 0.25) is 11.8 Å². The molecule has 4 N–H and O–H groups in total. The summed E-state index contributed by atoms with van der Waals surface area (Å²) in [7, 11) is 0. The van der Waals surface area contributed by atoms with Gasteiger partial charge in [-0.15, -0.1) is 6.42 Å². The van der Waals surface area contributed by atoms with Crippen molar-refractivity contribution in [3.63, 3.8) is 0 Å². The Morgan fingerprint density at radius 3 is 2.21 bits per heavy atom. The normalized spacial score (nSPS) is 12.0. The maximum Gasteiger partial charge on any atom is 0.407 e. The zero-order chi connectivity index (χ0) is 31.2. The van der Waals surface area contributed by atoms with E-state index in [2.05, 4.69) is 47.9 Å². The predicted molar refractivity (Wildman–Crippen MR) is 166 cm³/mol. The smallest absolute Gasteiger partial charge is 0.407 e. The number of amides is 3. The van der Waals surface area contributed by atoms with Crippen LogP contribution in [0.4, 0.5) is 10.5 Å². The predicted octanol–water partition coefficient (Wildman–Crippen LogP) is 4.73. The van der Waals surface area contributed by atoms with Crippen LogP contribution in [0.5, 0.6) is 0 Å². The van der Waals surface area contributed by atoms with E-state index in [1.54, 1.807) is 18.2 Å². The van der Waals surface area contributed by atoms with Crippen molar-refractivity contribution < 1.29 is 29.0 Å². The number of hydrogen-bond donors (Lipinski definition) is 4. The minimum absolute atomic E-state index is 0.0912. The number of hydrogen-bond acceptors (Lipinski definition) is 6. The first kappa shape index (κ1) is 32.9. The van der Waals surface area contributed by atoms with Crippen LogP contribution in [0.25, 0.3) is 11.1 Å². The van der Waals surface area contributed by atoms with Crippen LogP contribution in [0.3, 0.4) is 0 Å². The standard InChI is InChI=1S/C31H31N3O6.C3H8/c1-3-14-39-18-22-15-23(13-12-21(22)17-35)34-30(37)20(2)33-29(36)16-32-31(38)40-19-28-26-10-6-4-8-24(26)25-9-5-7-11-27(25)28;1-3-2/h1,4-13,15,20,28,35H,14,16-19H2,2H3,(H,32,38)(H,33,36)(H,34,37);3H2,1-2H3. The lowest BCUT2D eigenvalue weighted by atomic mass is 9.98. The molecule has 1 aliphatic carbocycles. The molecular formula is C34H39N3O6. The Labute approximate surface area is 253 Å². The van der Waals surface area contributed by atoms with Gasteiger partial charge >= 0.3 is 6.09 Å². The van der Waals surface area contributed by atoms with Crippen molar-refractivity contribution >= 4 is 23.6 Å². The van der Waals surface area contributed by atoms with Crippen molar-refractivity contribution in [2.24, 2.45) is 0 Å². The van der Waals surface area contributed by atoms with Crippen LogP contribution in [-0.2, 0) is 32.3 Å². The zero-order valence-electron chi connectivity index (χ0n) is 24.8. The summed E-state index contributed by atoms with van der Waals surface area (Å²) in [5.41, 5.74) is 6.22. The van der Waals surface area contributed by atoms with Crippen molar-refractivity contribution in [2.75, 3.05) is 25.1 Å². The molecule has 0 heterocycles. The summed E-state index contributed by atoms with van der Waals surface area (Å²) >= 11 is 0. The van der Waals surface area contributed by atoms with Gasteiger partial charge in [0.25, 0.3) is 0 Å². The molecule has 0 aliphatic heterocycles. The minimum atomic E-state index is -0.879. The van der Waals surface area contributed by atoms with Gasteiger partial charge in [0, 0.05) is 11.6 Å². The molecule has 9 nitrogen and oxygen atoms in total. The van der Waals surface area contributed by atoms with E-state index in [1.807, 2.05) is 36.4 Å². The van der Waals surface area contributed by atoms with Gasteiger partial charge < -0.3 is 30.5 Å². The highest BCUT2D eigenvalue weighted by atomic mass is 16.5. The molecule has 9 heteroatoms. The average Bonchev–Trinajstić information content (AvgIpc) is 3.33. The number of rotatable bonds is 11.